The van der Waals surface area contributed by atoms with E-state index in [1.165, 1.54) is 0 Å². The first kappa shape index (κ1) is 13.4. The van der Waals surface area contributed by atoms with Crippen molar-refractivity contribution in [3.63, 3.8) is 0 Å². The normalized spacial score (nSPS) is 11.9. The summed E-state index contributed by atoms with van der Waals surface area (Å²) in [4.78, 5) is 2.06. The molecule has 0 saturated heterocycles. The molecule has 100 valence electrons. The van der Waals surface area contributed by atoms with E-state index in [-0.39, 0.29) is 12.6 Å². The molecular weight excluding hydrogens is 238 g/mol. The van der Waals surface area contributed by atoms with E-state index in [0.29, 0.717) is 0 Å². The molecule has 0 aliphatic carbocycles. The summed E-state index contributed by atoms with van der Waals surface area (Å²) in [6.45, 7) is 0.0759. The molecule has 1 N–H and O–H groups in total. The number of ether oxygens (including phenoxy) is 1. The average molecular weight is 257 g/mol. The molecule has 0 aromatic heterocycles. The van der Waals surface area contributed by atoms with Gasteiger partial charge in [0.25, 0.3) is 0 Å². The maximum absolute atomic E-state index is 9.65. The number of likely N-dealkylation sites (N-methyl/N-ethyl adjacent to an activating group) is 1. The van der Waals surface area contributed by atoms with Crippen molar-refractivity contribution in [1.29, 1.82) is 0 Å². The number of anilines is 1. The van der Waals surface area contributed by atoms with Gasteiger partial charge in [-0.2, -0.15) is 0 Å². The number of nitrogens with zero attached hydrogens (tertiary/aromatic N) is 1. The Hall–Kier alpha value is -2.00. The van der Waals surface area contributed by atoms with Crippen molar-refractivity contribution >= 4 is 5.69 Å². The highest BCUT2D eigenvalue weighted by molar-refractivity contribution is 5.50. The summed E-state index contributed by atoms with van der Waals surface area (Å²) in [7, 11) is 3.63. The van der Waals surface area contributed by atoms with E-state index in [9.17, 15) is 5.11 Å². The number of hydrogen-bond donors (Lipinski definition) is 1. The van der Waals surface area contributed by atoms with Gasteiger partial charge in [-0.25, -0.2) is 0 Å². The van der Waals surface area contributed by atoms with E-state index in [4.69, 9.17) is 4.74 Å². The van der Waals surface area contributed by atoms with Crippen molar-refractivity contribution in [2.45, 2.75) is 6.04 Å². The summed E-state index contributed by atoms with van der Waals surface area (Å²) in [6, 6.07) is 17.8. The lowest BCUT2D eigenvalue weighted by Gasteiger charge is -2.29. The van der Waals surface area contributed by atoms with Crippen LogP contribution < -0.4 is 9.64 Å². The van der Waals surface area contributed by atoms with Crippen molar-refractivity contribution in [2.24, 2.45) is 0 Å². The molecule has 0 heterocycles. The van der Waals surface area contributed by atoms with Gasteiger partial charge in [-0.1, -0.05) is 30.3 Å². The molecule has 2 aromatic rings. The number of benzene rings is 2. The van der Waals surface area contributed by atoms with Gasteiger partial charge in [0.2, 0.25) is 0 Å². The van der Waals surface area contributed by atoms with Crippen LogP contribution in [-0.2, 0) is 0 Å². The minimum Gasteiger partial charge on any atom is -0.497 e. The Morgan fingerprint density at radius 1 is 1.05 bits per heavy atom. The summed E-state index contributed by atoms with van der Waals surface area (Å²) in [5.41, 5.74) is 2.15. The molecule has 3 heteroatoms. The second-order valence-corrected chi connectivity index (χ2v) is 4.42. The predicted molar refractivity (Wildman–Crippen MR) is 77.7 cm³/mol. The zero-order valence-corrected chi connectivity index (χ0v) is 11.3. The Balaban J connectivity index is 2.22. The molecule has 0 aliphatic rings. The van der Waals surface area contributed by atoms with E-state index in [0.717, 1.165) is 17.0 Å². The van der Waals surface area contributed by atoms with Crippen LogP contribution in [0.2, 0.25) is 0 Å². The van der Waals surface area contributed by atoms with E-state index in [1.54, 1.807) is 7.11 Å². The van der Waals surface area contributed by atoms with Crippen LogP contribution in [0.4, 0.5) is 5.69 Å². The Labute approximate surface area is 114 Å². The van der Waals surface area contributed by atoms with Crippen LogP contribution >= 0.6 is 0 Å². The fourth-order valence-electron chi connectivity index (χ4n) is 2.12. The molecule has 3 nitrogen and oxygen atoms in total. The van der Waals surface area contributed by atoms with Crippen molar-refractivity contribution < 1.29 is 9.84 Å². The molecular formula is C16H19NO2. The number of hydrogen-bond acceptors (Lipinski definition) is 3. The largest absolute Gasteiger partial charge is 0.497 e. The third kappa shape index (κ3) is 3.06. The highest BCUT2D eigenvalue weighted by Crippen LogP contribution is 2.26. The van der Waals surface area contributed by atoms with Crippen molar-refractivity contribution in [3.05, 3.63) is 60.2 Å². The lowest BCUT2D eigenvalue weighted by atomic mass is 10.1. The highest BCUT2D eigenvalue weighted by Gasteiger charge is 2.16. The number of aliphatic hydroxyl groups excluding tert-OH is 1. The molecule has 2 rings (SSSR count). The van der Waals surface area contributed by atoms with Gasteiger partial charge in [-0.05, 0) is 29.8 Å². The van der Waals surface area contributed by atoms with Gasteiger partial charge in [0.05, 0.1) is 19.8 Å². The van der Waals surface area contributed by atoms with Gasteiger partial charge in [-0.3, -0.25) is 0 Å². The van der Waals surface area contributed by atoms with Crippen LogP contribution in [-0.4, -0.2) is 25.9 Å². The molecule has 0 saturated carbocycles. The quantitative estimate of drug-likeness (QED) is 0.894. The molecule has 2 aromatic carbocycles. The minimum atomic E-state index is -0.0467. The third-order valence-corrected chi connectivity index (χ3v) is 3.30. The fraction of sp³-hybridized carbons (Fsp3) is 0.250. The van der Waals surface area contributed by atoms with Crippen LogP contribution in [0.3, 0.4) is 0 Å². The van der Waals surface area contributed by atoms with E-state index < -0.39 is 0 Å². The predicted octanol–water partition coefficient (Wildman–Crippen LogP) is 2.87. The SMILES string of the molecule is COc1ccc(N(C)[C@@H](CO)c2ccccc2)cc1. The van der Waals surface area contributed by atoms with E-state index in [2.05, 4.69) is 4.90 Å². The van der Waals surface area contributed by atoms with Crippen molar-refractivity contribution in [1.82, 2.24) is 0 Å². The second-order valence-electron chi connectivity index (χ2n) is 4.42. The lowest BCUT2D eigenvalue weighted by Crippen LogP contribution is -2.26. The fourth-order valence-corrected chi connectivity index (χ4v) is 2.12. The molecule has 0 unspecified atom stereocenters. The van der Waals surface area contributed by atoms with Crippen LogP contribution in [0.25, 0.3) is 0 Å². The zero-order chi connectivity index (χ0) is 13.7. The monoisotopic (exact) mass is 257 g/mol. The first-order chi connectivity index (χ1) is 9.26. The summed E-state index contributed by atoms with van der Waals surface area (Å²) >= 11 is 0. The van der Waals surface area contributed by atoms with Gasteiger partial charge >= 0.3 is 0 Å². The standard InChI is InChI=1S/C16H19NO2/c1-17(14-8-10-15(19-2)11-9-14)16(12-18)13-6-4-3-5-7-13/h3-11,16,18H,12H2,1-2H3/t16-/m0/s1. The summed E-state index contributed by atoms with van der Waals surface area (Å²) in [5, 5.41) is 9.65. The summed E-state index contributed by atoms with van der Waals surface area (Å²) < 4.78 is 5.15. The molecule has 0 aliphatic heterocycles. The maximum atomic E-state index is 9.65. The smallest absolute Gasteiger partial charge is 0.119 e. The molecule has 0 bridgehead atoms. The second kappa shape index (κ2) is 6.25. The first-order valence-electron chi connectivity index (χ1n) is 6.29. The third-order valence-electron chi connectivity index (χ3n) is 3.30. The van der Waals surface area contributed by atoms with Gasteiger partial charge in [-0.15, -0.1) is 0 Å². The van der Waals surface area contributed by atoms with Crippen molar-refractivity contribution in [2.75, 3.05) is 25.7 Å². The average Bonchev–Trinajstić information content (AvgIpc) is 2.49. The van der Waals surface area contributed by atoms with Crippen LogP contribution in [0.5, 0.6) is 5.75 Å². The van der Waals surface area contributed by atoms with Gasteiger partial charge in [0.1, 0.15) is 5.75 Å². The van der Waals surface area contributed by atoms with Gasteiger partial charge < -0.3 is 14.7 Å². The molecule has 0 amide bonds. The minimum absolute atomic E-state index is 0.0467. The van der Waals surface area contributed by atoms with Crippen LogP contribution in [0.15, 0.2) is 54.6 Å². The van der Waals surface area contributed by atoms with Crippen molar-refractivity contribution in [3.8, 4) is 5.75 Å². The van der Waals surface area contributed by atoms with Crippen LogP contribution in [0, 0.1) is 0 Å². The van der Waals surface area contributed by atoms with E-state index in [1.807, 2.05) is 61.6 Å². The van der Waals surface area contributed by atoms with Gasteiger partial charge in [0, 0.05) is 12.7 Å². The Bertz CT molecular complexity index is 496. The Morgan fingerprint density at radius 2 is 1.68 bits per heavy atom. The van der Waals surface area contributed by atoms with E-state index >= 15 is 0 Å². The molecule has 19 heavy (non-hydrogen) atoms. The Morgan fingerprint density at radius 3 is 2.21 bits per heavy atom. The molecule has 1 atom stereocenters. The first-order valence-corrected chi connectivity index (χ1v) is 6.29. The maximum Gasteiger partial charge on any atom is 0.119 e. The molecule has 0 spiro atoms. The molecule has 0 radical (unpaired) electrons. The lowest BCUT2D eigenvalue weighted by molar-refractivity contribution is 0.264. The Kier molecular flexibility index (Phi) is 4.42. The summed E-state index contributed by atoms with van der Waals surface area (Å²) in [5.74, 6) is 0.831. The molecule has 0 fully saturated rings. The number of rotatable bonds is 5. The highest BCUT2D eigenvalue weighted by atomic mass is 16.5. The zero-order valence-electron chi connectivity index (χ0n) is 11.3. The van der Waals surface area contributed by atoms with Gasteiger partial charge in [0.15, 0.2) is 0 Å². The number of methoxy groups -OCH3 is 1. The topological polar surface area (TPSA) is 32.7 Å². The van der Waals surface area contributed by atoms with Crippen LogP contribution in [0.1, 0.15) is 11.6 Å². The number of aliphatic hydroxyl groups is 1. The summed E-state index contributed by atoms with van der Waals surface area (Å²) in [6.07, 6.45) is 0.